The Morgan fingerprint density at radius 3 is 2.94 bits per heavy atom. The Bertz CT molecular complexity index is 1280. The van der Waals surface area contributed by atoms with E-state index in [2.05, 4.69) is 38.9 Å². The molecule has 0 saturated carbocycles. The lowest BCUT2D eigenvalue weighted by atomic mass is 10.1. The van der Waals surface area contributed by atoms with E-state index in [1.54, 1.807) is 46.6 Å². The van der Waals surface area contributed by atoms with E-state index in [-0.39, 0.29) is 29.2 Å². The van der Waals surface area contributed by atoms with Crippen molar-refractivity contribution in [2.24, 2.45) is 5.73 Å². The third-order valence-electron chi connectivity index (χ3n) is 5.55. The van der Waals surface area contributed by atoms with Crippen LogP contribution < -0.4 is 11.1 Å². The Kier molecular flexibility index (Phi) is 6.10. The zero-order chi connectivity index (χ0) is 23.5. The molecule has 0 spiro atoms. The fourth-order valence-corrected chi connectivity index (χ4v) is 4.09. The van der Waals surface area contributed by atoms with Gasteiger partial charge in [0.25, 0.3) is 5.91 Å². The fraction of sp³-hybridized carbons (Fsp3) is 0.318. The number of carbonyl (C=O) groups excluding carboxylic acids is 2. The third kappa shape index (κ3) is 4.16. The number of carbonyl (C=O) groups is 2. The number of fused-ring (bicyclic) bond motifs is 1. The van der Waals surface area contributed by atoms with Gasteiger partial charge < -0.3 is 20.7 Å². The molecule has 11 nitrogen and oxygen atoms in total. The molecule has 3 aromatic heterocycles. The molecular weight excluding hydrogens is 424 g/mol. The topological polar surface area (TPSA) is 133 Å². The summed E-state index contributed by atoms with van der Waals surface area (Å²) in [7, 11) is 3.28. The normalized spacial score (nSPS) is 17.6. The molecule has 1 aliphatic heterocycles. The van der Waals surface area contributed by atoms with Gasteiger partial charge >= 0.3 is 0 Å². The van der Waals surface area contributed by atoms with E-state index in [0.29, 0.717) is 36.6 Å². The predicted octanol–water partition coefficient (Wildman–Crippen LogP) is 0.441. The van der Waals surface area contributed by atoms with Crippen molar-refractivity contribution in [2.75, 3.05) is 32.6 Å². The van der Waals surface area contributed by atoms with E-state index in [9.17, 15) is 9.59 Å². The van der Waals surface area contributed by atoms with Crippen molar-refractivity contribution >= 4 is 23.3 Å². The molecule has 0 aromatic carbocycles. The summed E-state index contributed by atoms with van der Waals surface area (Å²) >= 11 is 0. The predicted molar refractivity (Wildman–Crippen MR) is 120 cm³/mol. The van der Waals surface area contributed by atoms with E-state index >= 15 is 0 Å². The van der Waals surface area contributed by atoms with Gasteiger partial charge in [-0.3, -0.25) is 9.59 Å². The first kappa shape index (κ1) is 22.0. The Morgan fingerprint density at radius 1 is 1.42 bits per heavy atom. The number of pyridine rings is 1. The quantitative estimate of drug-likeness (QED) is 0.413. The van der Waals surface area contributed by atoms with Crippen LogP contribution in [0.4, 0.5) is 5.82 Å². The number of nitrogens with two attached hydrogens (primary N) is 1. The number of hydrogen-bond donors (Lipinski definition) is 2. The van der Waals surface area contributed by atoms with Gasteiger partial charge in [-0.25, -0.2) is 14.2 Å². The molecule has 4 rings (SSSR count). The average molecular weight is 448 g/mol. The molecule has 1 saturated heterocycles. The zero-order valence-electron chi connectivity index (χ0n) is 18.4. The number of rotatable bonds is 6. The van der Waals surface area contributed by atoms with Crippen LogP contribution in [-0.2, 0) is 9.53 Å². The Labute approximate surface area is 190 Å². The van der Waals surface area contributed by atoms with Crippen LogP contribution in [0, 0.1) is 11.8 Å². The van der Waals surface area contributed by atoms with Crippen molar-refractivity contribution in [2.45, 2.75) is 18.5 Å². The number of primary amides is 1. The van der Waals surface area contributed by atoms with Crippen LogP contribution in [-0.4, -0.2) is 74.4 Å². The van der Waals surface area contributed by atoms with Gasteiger partial charge in [0, 0.05) is 32.5 Å². The standard InChI is InChI=1S/C22H24N8O3/c1-4-19(31)28-11-15(10-16(28)12-33-3)30-22(24-2)20(21(23)32)17(27-30)6-5-14-7-8-29-18(9-14)25-13-26-29/h4,7-9,13,15-16,24H,1,10-12H2,2-3H3,(H2,23,32)/t15-,16+/m0/s1. The van der Waals surface area contributed by atoms with Gasteiger partial charge in [-0.15, -0.1) is 0 Å². The molecule has 11 heteroatoms. The summed E-state index contributed by atoms with van der Waals surface area (Å²) in [5, 5.41) is 11.7. The van der Waals surface area contributed by atoms with E-state index < -0.39 is 5.91 Å². The summed E-state index contributed by atoms with van der Waals surface area (Å²) < 4.78 is 8.60. The number of anilines is 1. The summed E-state index contributed by atoms with van der Waals surface area (Å²) in [5.74, 6) is 5.61. The summed E-state index contributed by atoms with van der Waals surface area (Å²) in [5.41, 5.74) is 7.48. The van der Waals surface area contributed by atoms with Crippen molar-refractivity contribution in [1.82, 2.24) is 29.3 Å². The molecule has 1 fully saturated rings. The molecule has 2 amide bonds. The maximum absolute atomic E-state index is 12.3. The number of likely N-dealkylation sites (tertiary alicyclic amines) is 1. The number of nitrogens with one attached hydrogen (secondary N) is 1. The van der Waals surface area contributed by atoms with Gasteiger partial charge in [0.15, 0.2) is 11.3 Å². The van der Waals surface area contributed by atoms with Crippen molar-refractivity contribution in [3.63, 3.8) is 0 Å². The highest BCUT2D eigenvalue weighted by Crippen LogP contribution is 2.32. The van der Waals surface area contributed by atoms with Crippen LogP contribution in [0.25, 0.3) is 5.65 Å². The van der Waals surface area contributed by atoms with Crippen LogP contribution >= 0.6 is 0 Å². The van der Waals surface area contributed by atoms with Crippen LogP contribution in [0.2, 0.25) is 0 Å². The van der Waals surface area contributed by atoms with Crippen LogP contribution in [0.1, 0.15) is 34.1 Å². The maximum atomic E-state index is 12.3. The minimum atomic E-state index is -0.645. The molecule has 4 heterocycles. The van der Waals surface area contributed by atoms with Crippen LogP contribution in [0.3, 0.4) is 0 Å². The highest BCUT2D eigenvalue weighted by atomic mass is 16.5. The lowest BCUT2D eigenvalue weighted by Crippen LogP contribution is -2.37. The minimum Gasteiger partial charge on any atom is -0.383 e. The van der Waals surface area contributed by atoms with Crippen molar-refractivity contribution in [3.8, 4) is 11.8 Å². The molecule has 0 unspecified atom stereocenters. The number of aromatic nitrogens is 5. The van der Waals surface area contributed by atoms with E-state index in [0.717, 1.165) is 0 Å². The number of methoxy groups -OCH3 is 1. The molecular formula is C22H24N8O3. The van der Waals surface area contributed by atoms with E-state index in [4.69, 9.17) is 10.5 Å². The van der Waals surface area contributed by atoms with Crippen LogP contribution in [0.15, 0.2) is 37.3 Å². The molecule has 3 aromatic rings. The molecule has 170 valence electrons. The van der Waals surface area contributed by atoms with E-state index in [1.165, 1.54) is 12.4 Å². The first-order chi connectivity index (χ1) is 16.0. The molecule has 1 aliphatic rings. The molecule has 2 atom stereocenters. The number of nitrogens with zero attached hydrogens (tertiary/aromatic N) is 6. The van der Waals surface area contributed by atoms with Gasteiger partial charge in [0.2, 0.25) is 5.91 Å². The first-order valence-electron chi connectivity index (χ1n) is 10.3. The molecule has 3 N–H and O–H groups in total. The maximum Gasteiger partial charge on any atom is 0.255 e. The molecule has 0 radical (unpaired) electrons. The number of ether oxygens (including phenoxy) is 1. The molecule has 33 heavy (non-hydrogen) atoms. The smallest absolute Gasteiger partial charge is 0.255 e. The first-order valence-corrected chi connectivity index (χ1v) is 10.3. The molecule has 0 aliphatic carbocycles. The highest BCUT2D eigenvalue weighted by Gasteiger charge is 2.37. The summed E-state index contributed by atoms with van der Waals surface area (Å²) in [6.07, 6.45) is 5.08. The van der Waals surface area contributed by atoms with Gasteiger partial charge in [0.1, 0.15) is 17.7 Å². The van der Waals surface area contributed by atoms with Gasteiger partial charge in [-0.2, -0.15) is 10.2 Å². The number of hydrogen-bond acceptors (Lipinski definition) is 7. The fourth-order valence-electron chi connectivity index (χ4n) is 4.09. The highest BCUT2D eigenvalue weighted by molar-refractivity contribution is 6.00. The largest absolute Gasteiger partial charge is 0.383 e. The second kappa shape index (κ2) is 9.13. The molecule has 0 bridgehead atoms. The Hall–Kier alpha value is -4.17. The second-order valence-electron chi connectivity index (χ2n) is 7.55. The lowest BCUT2D eigenvalue weighted by molar-refractivity contribution is -0.127. The van der Waals surface area contributed by atoms with Gasteiger partial charge in [-0.1, -0.05) is 12.5 Å². The summed E-state index contributed by atoms with van der Waals surface area (Å²) in [6.45, 7) is 4.36. The zero-order valence-corrected chi connectivity index (χ0v) is 18.4. The van der Waals surface area contributed by atoms with Gasteiger partial charge in [-0.05, 0) is 30.6 Å². The minimum absolute atomic E-state index is 0.138. The SMILES string of the molecule is C=CC(=O)N1C[C@@H](n2nc(C#Cc3ccn4ncnc4c3)c(C(N)=O)c2NC)C[C@@H]1COC. The lowest BCUT2D eigenvalue weighted by Gasteiger charge is -2.22. The van der Waals surface area contributed by atoms with Crippen molar-refractivity contribution in [3.05, 3.63) is 54.1 Å². The average Bonchev–Trinajstić information content (AvgIpc) is 3.53. The number of amides is 2. The Balaban J connectivity index is 1.72. The Morgan fingerprint density at radius 2 is 2.24 bits per heavy atom. The van der Waals surface area contributed by atoms with Gasteiger partial charge in [0.05, 0.1) is 18.7 Å². The van der Waals surface area contributed by atoms with Crippen LogP contribution in [0.5, 0.6) is 0 Å². The second-order valence-corrected chi connectivity index (χ2v) is 7.55. The van der Waals surface area contributed by atoms with Crippen molar-refractivity contribution < 1.29 is 14.3 Å². The summed E-state index contributed by atoms with van der Waals surface area (Å²) in [6, 6.07) is 3.24. The van der Waals surface area contributed by atoms with Crippen molar-refractivity contribution in [1.29, 1.82) is 0 Å². The van der Waals surface area contributed by atoms with E-state index in [1.807, 2.05) is 0 Å². The summed E-state index contributed by atoms with van der Waals surface area (Å²) in [4.78, 5) is 30.5. The third-order valence-corrected chi connectivity index (χ3v) is 5.55. The monoisotopic (exact) mass is 448 g/mol.